The van der Waals surface area contributed by atoms with Gasteiger partial charge in [-0.1, -0.05) is 18.2 Å². The molecule has 0 saturated carbocycles. The number of benzene rings is 2. The summed E-state index contributed by atoms with van der Waals surface area (Å²) >= 11 is 0. The minimum absolute atomic E-state index is 0.250. The fraction of sp³-hybridized carbons (Fsp3) is 0.409. The molecule has 2 heterocycles. The molecule has 2 aromatic carbocycles. The molecule has 1 saturated heterocycles. The SMILES string of the molecule is COc1ccc(CCn2c(=O)[nH]c3cccc(O[C@@H]4O[C@H](CO)[C@@H](O)[C@H](O)[C@H]4O)c32)cc1. The van der Waals surface area contributed by atoms with Gasteiger partial charge in [0.2, 0.25) is 6.29 Å². The first-order valence-electron chi connectivity index (χ1n) is 10.2. The lowest BCUT2D eigenvalue weighted by Crippen LogP contribution is -2.60. The molecule has 0 amide bonds. The fourth-order valence-corrected chi connectivity index (χ4v) is 3.82. The second-order valence-corrected chi connectivity index (χ2v) is 7.65. The third-order valence-corrected chi connectivity index (χ3v) is 5.63. The Hall–Kier alpha value is -2.89. The fourth-order valence-electron chi connectivity index (χ4n) is 3.82. The van der Waals surface area contributed by atoms with Crippen LogP contribution in [-0.2, 0) is 17.7 Å². The Balaban J connectivity index is 1.60. The van der Waals surface area contributed by atoms with Gasteiger partial charge in [0, 0.05) is 6.54 Å². The molecule has 172 valence electrons. The molecule has 0 bridgehead atoms. The Kier molecular flexibility index (Phi) is 6.49. The quantitative estimate of drug-likeness (QED) is 0.334. The number of rotatable bonds is 7. The maximum atomic E-state index is 12.6. The zero-order chi connectivity index (χ0) is 22.8. The number of ether oxygens (including phenoxy) is 3. The zero-order valence-corrected chi connectivity index (χ0v) is 17.4. The maximum absolute atomic E-state index is 12.6. The van der Waals surface area contributed by atoms with Crippen molar-refractivity contribution < 1.29 is 34.6 Å². The molecule has 1 aliphatic rings. The maximum Gasteiger partial charge on any atom is 0.326 e. The van der Waals surface area contributed by atoms with E-state index in [1.54, 1.807) is 25.3 Å². The minimum Gasteiger partial charge on any atom is -0.497 e. The average molecular weight is 446 g/mol. The summed E-state index contributed by atoms with van der Waals surface area (Å²) in [6.07, 6.45) is -6.47. The van der Waals surface area contributed by atoms with Gasteiger partial charge in [0.05, 0.1) is 19.2 Å². The first-order valence-corrected chi connectivity index (χ1v) is 10.2. The van der Waals surface area contributed by atoms with E-state index >= 15 is 0 Å². The van der Waals surface area contributed by atoms with Crippen molar-refractivity contribution in [2.45, 2.75) is 43.7 Å². The minimum atomic E-state index is -1.56. The van der Waals surface area contributed by atoms with Crippen molar-refractivity contribution in [1.29, 1.82) is 0 Å². The van der Waals surface area contributed by atoms with Crippen molar-refractivity contribution in [3.05, 3.63) is 58.5 Å². The van der Waals surface area contributed by atoms with Crippen LogP contribution < -0.4 is 15.2 Å². The van der Waals surface area contributed by atoms with Crippen molar-refractivity contribution in [2.24, 2.45) is 0 Å². The largest absolute Gasteiger partial charge is 0.497 e. The molecule has 32 heavy (non-hydrogen) atoms. The molecule has 0 radical (unpaired) electrons. The summed E-state index contributed by atoms with van der Waals surface area (Å²) in [4.78, 5) is 15.4. The topological polar surface area (TPSA) is 146 Å². The van der Waals surface area contributed by atoms with Gasteiger partial charge in [-0.3, -0.25) is 4.57 Å². The lowest BCUT2D eigenvalue weighted by Gasteiger charge is -2.39. The molecule has 10 nitrogen and oxygen atoms in total. The molecule has 1 aromatic heterocycles. The number of H-pyrrole nitrogens is 1. The molecule has 4 rings (SSSR count). The Morgan fingerprint density at radius 3 is 2.50 bits per heavy atom. The number of hydrogen-bond donors (Lipinski definition) is 5. The van der Waals surface area contributed by atoms with E-state index in [1.807, 2.05) is 24.3 Å². The van der Waals surface area contributed by atoms with Crippen molar-refractivity contribution in [3.63, 3.8) is 0 Å². The van der Waals surface area contributed by atoms with E-state index in [-0.39, 0.29) is 11.4 Å². The van der Waals surface area contributed by atoms with Gasteiger partial charge < -0.3 is 39.6 Å². The van der Waals surface area contributed by atoms with Crippen LogP contribution in [0.2, 0.25) is 0 Å². The van der Waals surface area contributed by atoms with Crippen LogP contribution in [-0.4, -0.2) is 74.4 Å². The van der Waals surface area contributed by atoms with Gasteiger partial charge in [-0.2, -0.15) is 0 Å². The van der Waals surface area contributed by atoms with Crippen molar-refractivity contribution in [1.82, 2.24) is 9.55 Å². The number of methoxy groups -OCH3 is 1. The third kappa shape index (κ3) is 4.23. The molecular weight excluding hydrogens is 420 g/mol. The van der Waals surface area contributed by atoms with Crippen LogP contribution in [0.1, 0.15) is 5.56 Å². The average Bonchev–Trinajstić information content (AvgIpc) is 3.14. The third-order valence-electron chi connectivity index (χ3n) is 5.63. The van der Waals surface area contributed by atoms with E-state index in [0.29, 0.717) is 24.0 Å². The number of hydrogen-bond acceptors (Lipinski definition) is 8. The van der Waals surface area contributed by atoms with Crippen LogP contribution in [0.3, 0.4) is 0 Å². The van der Waals surface area contributed by atoms with Crippen molar-refractivity contribution in [3.8, 4) is 11.5 Å². The molecule has 3 aromatic rings. The number of fused-ring (bicyclic) bond motifs is 1. The van der Waals surface area contributed by atoms with Crippen LogP contribution >= 0.6 is 0 Å². The number of aliphatic hydroxyl groups is 4. The normalized spacial score (nSPS) is 25.7. The first kappa shape index (κ1) is 22.3. The van der Waals surface area contributed by atoms with E-state index in [9.17, 15) is 25.2 Å². The predicted octanol–water partition coefficient (Wildman–Crippen LogP) is -0.240. The van der Waals surface area contributed by atoms with Crippen LogP contribution in [0.15, 0.2) is 47.3 Å². The molecule has 5 N–H and O–H groups in total. The van der Waals surface area contributed by atoms with E-state index in [0.717, 1.165) is 11.3 Å². The second-order valence-electron chi connectivity index (χ2n) is 7.65. The molecule has 10 heteroatoms. The highest BCUT2D eigenvalue weighted by molar-refractivity contribution is 5.82. The summed E-state index contributed by atoms with van der Waals surface area (Å²) in [6.45, 7) is -0.202. The molecule has 5 atom stereocenters. The van der Waals surface area contributed by atoms with E-state index in [2.05, 4.69) is 4.98 Å². The highest BCUT2D eigenvalue weighted by Gasteiger charge is 2.44. The highest BCUT2D eigenvalue weighted by Crippen LogP contribution is 2.29. The standard InChI is InChI=1S/C22H26N2O8/c1-30-13-7-5-12(6-8-13)9-10-24-17-14(23-22(24)29)3-2-4-15(17)31-21-20(28)19(27)18(26)16(11-25)32-21/h2-8,16,18-21,25-28H,9-11H2,1H3,(H,23,29)/t16-,18-,19+,20-,21-/m1/s1. The second kappa shape index (κ2) is 9.31. The monoisotopic (exact) mass is 446 g/mol. The van der Waals surface area contributed by atoms with Crippen LogP contribution in [0.4, 0.5) is 0 Å². The summed E-state index contributed by atoms with van der Waals surface area (Å²) < 4.78 is 17.9. The summed E-state index contributed by atoms with van der Waals surface area (Å²) in [5, 5.41) is 39.7. The smallest absolute Gasteiger partial charge is 0.326 e. The van der Waals surface area contributed by atoms with Crippen molar-refractivity contribution >= 4 is 11.0 Å². The number of aryl methyl sites for hydroxylation is 2. The van der Waals surface area contributed by atoms with Gasteiger partial charge in [-0.15, -0.1) is 0 Å². The molecule has 1 fully saturated rings. The number of aromatic nitrogens is 2. The van der Waals surface area contributed by atoms with E-state index < -0.39 is 37.3 Å². The lowest BCUT2D eigenvalue weighted by atomic mass is 9.99. The first-order chi connectivity index (χ1) is 15.4. The number of para-hydroxylation sites is 1. The Bertz CT molecular complexity index is 1110. The molecular formula is C22H26N2O8. The van der Waals surface area contributed by atoms with Crippen LogP contribution in [0.5, 0.6) is 11.5 Å². The number of imidazole rings is 1. The Morgan fingerprint density at radius 1 is 1.06 bits per heavy atom. The van der Waals surface area contributed by atoms with Crippen LogP contribution in [0, 0.1) is 0 Å². The zero-order valence-electron chi connectivity index (χ0n) is 17.4. The Labute approximate surface area is 183 Å². The summed E-state index contributed by atoms with van der Waals surface area (Å²) in [7, 11) is 1.59. The van der Waals surface area contributed by atoms with E-state index in [1.165, 1.54) is 4.57 Å². The predicted molar refractivity (Wildman–Crippen MR) is 114 cm³/mol. The van der Waals surface area contributed by atoms with Crippen LogP contribution in [0.25, 0.3) is 11.0 Å². The van der Waals surface area contributed by atoms with Gasteiger partial charge in [0.15, 0.2) is 0 Å². The van der Waals surface area contributed by atoms with Gasteiger partial charge in [0.25, 0.3) is 0 Å². The van der Waals surface area contributed by atoms with Gasteiger partial charge in [-0.25, -0.2) is 4.79 Å². The summed E-state index contributed by atoms with van der Waals surface area (Å²) in [5.41, 5.74) is 1.70. The van der Waals surface area contributed by atoms with Gasteiger partial charge in [0.1, 0.15) is 41.4 Å². The molecule has 0 aliphatic carbocycles. The molecule has 0 unspecified atom stereocenters. The number of nitrogens with zero attached hydrogens (tertiary/aromatic N) is 1. The number of aromatic amines is 1. The highest BCUT2D eigenvalue weighted by atomic mass is 16.7. The summed E-state index contributed by atoms with van der Waals surface area (Å²) in [6, 6.07) is 12.5. The number of nitrogens with one attached hydrogen (secondary N) is 1. The lowest BCUT2D eigenvalue weighted by molar-refractivity contribution is -0.277. The molecule has 1 aliphatic heterocycles. The summed E-state index contributed by atoms with van der Waals surface area (Å²) in [5.74, 6) is 0.994. The Morgan fingerprint density at radius 2 is 1.81 bits per heavy atom. The van der Waals surface area contributed by atoms with Crippen molar-refractivity contribution in [2.75, 3.05) is 13.7 Å². The molecule has 0 spiro atoms. The number of aliphatic hydroxyl groups excluding tert-OH is 4. The van der Waals surface area contributed by atoms with E-state index in [4.69, 9.17) is 14.2 Å². The van der Waals surface area contributed by atoms with Gasteiger partial charge >= 0.3 is 5.69 Å². The van der Waals surface area contributed by atoms with Gasteiger partial charge in [-0.05, 0) is 36.2 Å².